The summed E-state index contributed by atoms with van der Waals surface area (Å²) in [5.74, 6) is 0.250. The highest BCUT2D eigenvalue weighted by molar-refractivity contribution is 7.90. The van der Waals surface area contributed by atoms with E-state index in [-0.39, 0.29) is 17.6 Å². The van der Waals surface area contributed by atoms with E-state index in [0.29, 0.717) is 24.5 Å². The van der Waals surface area contributed by atoms with Crippen LogP contribution in [0.5, 0.6) is 0 Å². The van der Waals surface area contributed by atoms with Crippen LogP contribution in [-0.4, -0.2) is 33.7 Å². The average molecular weight is 372 g/mol. The number of benzene rings is 2. The van der Waals surface area contributed by atoms with Crippen LogP contribution in [0.4, 0.5) is 0 Å². The first-order valence-corrected chi connectivity index (χ1v) is 10.8. The molecule has 0 bridgehead atoms. The zero-order valence-electron chi connectivity index (χ0n) is 14.9. The molecule has 5 heteroatoms. The van der Waals surface area contributed by atoms with E-state index in [1.807, 2.05) is 42.5 Å². The summed E-state index contributed by atoms with van der Waals surface area (Å²) in [6, 6.07) is 16.8. The number of sulfone groups is 1. The molecule has 0 amide bonds. The maximum absolute atomic E-state index is 12.8. The van der Waals surface area contributed by atoms with Crippen LogP contribution in [0.25, 0.3) is 0 Å². The molecule has 0 spiro atoms. The van der Waals surface area contributed by atoms with E-state index in [4.69, 9.17) is 4.74 Å². The third-order valence-electron chi connectivity index (χ3n) is 4.99. The number of carbonyl (C=O) groups excluding carboxylic acids is 1. The van der Waals surface area contributed by atoms with Gasteiger partial charge in [-0.3, -0.25) is 4.79 Å². The van der Waals surface area contributed by atoms with Crippen molar-refractivity contribution in [2.24, 2.45) is 5.92 Å². The molecular formula is C21H24O4S. The minimum Gasteiger partial charge on any atom is -0.381 e. The normalized spacial score (nSPS) is 17.0. The predicted molar refractivity (Wildman–Crippen MR) is 101 cm³/mol. The lowest BCUT2D eigenvalue weighted by Crippen LogP contribution is -2.25. The van der Waals surface area contributed by atoms with Gasteiger partial charge in [-0.1, -0.05) is 42.5 Å². The fraction of sp³-hybridized carbons (Fsp3) is 0.381. The number of Topliss-reactive ketones (excluding diaryl/α,β-unsaturated/α-hetero) is 1. The van der Waals surface area contributed by atoms with Crippen molar-refractivity contribution in [1.29, 1.82) is 0 Å². The van der Waals surface area contributed by atoms with Gasteiger partial charge in [-0.15, -0.1) is 0 Å². The Morgan fingerprint density at radius 2 is 1.58 bits per heavy atom. The van der Waals surface area contributed by atoms with Gasteiger partial charge in [0, 0.05) is 37.7 Å². The van der Waals surface area contributed by atoms with Crippen molar-refractivity contribution in [3.63, 3.8) is 0 Å². The fourth-order valence-corrected chi connectivity index (χ4v) is 4.08. The van der Waals surface area contributed by atoms with Gasteiger partial charge in [0.2, 0.25) is 0 Å². The van der Waals surface area contributed by atoms with Gasteiger partial charge in [0.05, 0.1) is 4.90 Å². The van der Waals surface area contributed by atoms with E-state index in [1.165, 1.54) is 6.26 Å². The summed E-state index contributed by atoms with van der Waals surface area (Å²) in [4.78, 5) is 13.1. The van der Waals surface area contributed by atoms with Crippen LogP contribution in [0.15, 0.2) is 59.5 Å². The van der Waals surface area contributed by atoms with Crippen LogP contribution < -0.4 is 0 Å². The topological polar surface area (TPSA) is 60.4 Å². The van der Waals surface area contributed by atoms with Gasteiger partial charge in [0.25, 0.3) is 0 Å². The molecular weight excluding hydrogens is 348 g/mol. The van der Waals surface area contributed by atoms with Crippen molar-refractivity contribution < 1.29 is 17.9 Å². The maximum atomic E-state index is 12.8. The molecule has 0 aliphatic carbocycles. The molecule has 1 unspecified atom stereocenters. The first-order valence-electron chi connectivity index (χ1n) is 8.90. The minimum absolute atomic E-state index is 0.0604. The molecule has 1 saturated heterocycles. The average Bonchev–Trinajstić information content (AvgIpc) is 2.67. The Labute approximate surface area is 155 Å². The van der Waals surface area contributed by atoms with Gasteiger partial charge in [-0.05, 0) is 36.1 Å². The van der Waals surface area contributed by atoms with Gasteiger partial charge >= 0.3 is 0 Å². The molecule has 4 nitrogen and oxygen atoms in total. The molecule has 1 atom stereocenters. The van der Waals surface area contributed by atoms with Gasteiger partial charge in [0.1, 0.15) is 5.78 Å². The predicted octanol–water partition coefficient (Wildman–Crippen LogP) is 3.61. The summed E-state index contributed by atoms with van der Waals surface area (Å²) in [5, 5.41) is 0. The summed E-state index contributed by atoms with van der Waals surface area (Å²) in [5.41, 5.74) is 2.03. The molecule has 0 N–H and O–H groups in total. The van der Waals surface area contributed by atoms with Crippen LogP contribution in [-0.2, 0) is 19.4 Å². The quantitative estimate of drug-likeness (QED) is 0.777. The number of carbonyl (C=O) groups is 1. The Kier molecular flexibility index (Phi) is 5.89. The largest absolute Gasteiger partial charge is 0.381 e. The number of ether oxygens (including phenoxy) is 1. The molecule has 1 fully saturated rings. The summed E-state index contributed by atoms with van der Waals surface area (Å²) in [7, 11) is -3.23. The number of hydrogen-bond acceptors (Lipinski definition) is 4. The summed E-state index contributed by atoms with van der Waals surface area (Å²) in [6.45, 7) is 1.30. The van der Waals surface area contributed by atoms with Gasteiger partial charge in [0.15, 0.2) is 9.84 Å². The first kappa shape index (κ1) is 18.8. The summed E-state index contributed by atoms with van der Waals surface area (Å²) < 4.78 is 28.8. The standard InChI is InChI=1S/C21H24O4S/c1-26(23,24)19-9-7-17(8-10-19)20(16-5-3-2-4-6-16)15-21(22)18-11-13-25-14-12-18/h2-10,18,20H,11-15H2,1H3. The van der Waals surface area contributed by atoms with Crippen LogP contribution in [0.1, 0.15) is 36.3 Å². The zero-order chi connectivity index (χ0) is 18.6. The van der Waals surface area contributed by atoms with Crippen molar-refractivity contribution in [1.82, 2.24) is 0 Å². The molecule has 138 valence electrons. The molecule has 0 aromatic heterocycles. The van der Waals surface area contributed by atoms with Crippen molar-refractivity contribution in [3.8, 4) is 0 Å². The molecule has 0 saturated carbocycles. The smallest absolute Gasteiger partial charge is 0.175 e. The molecule has 1 heterocycles. The van der Waals surface area contributed by atoms with Crippen LogP contribution in [0, 0.1) is 5.92 Å². The second-order valence-electron chi connectivity index (χ2n) is 6.86. The van der Waals surface area contributed by atoms with Gasteiger partial charge in [-0.25, -0.2) is 8.42 Å². The molecule has 1 aliphatic rings. The van der Waals surface area contributed by atoms with E-state index in [0.717, 1.165) is 24.0 Å². The molecule has 26 heavy (non-hydrogen) atoms. The number of ketones is 1. The molecule has 0 radical (unpaired) electrons. The van der Waals surface area contributed by atoms with Crippen molar-refractivity contribution >= 4 is 15.6 Å². The first-order chi connectivity index (χ1) is 12.4. The molecule has 2 aromatic carbocycles. The van der Waals surface area contributed by atoms with E-state index >= 15 is 0 Å². The number of hydrogen-bond donors (Lipinski definition) is 0. The summed E-state index contributed by atoms with van der Waals surface area (Å²) >= 11 is 0. The third kappa shape index (κ3) is 4.59. The van der Waals surface area contributed by atoms with Crippen LogP contribution in [0.3, 0.4) is 0 Å². The second-order valence-corrected chi connectivity index (χ2v) is 8.88. The van der Waals surface area contributed by atoms with E-state index in [2.05, 4.69) is 0 Å². The van der Waals surface area contributed by atoms with Crippen LogP contribution >= 0.6 is 0 Å². The second kappa shape index (κ2) is 8.14. The van der Waals surface area contributed by atoms with Crippen LogP contribution in [0.2, 0.25) is 0 Å². The lowest BCUT2D eigenvalue weighted by Gasteiger charge is -2.24. The molecule has 1 aliphatic heterocycles. The third-order valence-corrected chi connectivity index (χ3v) is 6.12. The lowest BCUT2D eigenvalue weighted by atomic mass is 9.82. The molecule has 3 rings (SSSR count). The lowest BCUT2D eigenvalue weighted by molar-refractivity contribution is -0.125. The number of rotatable bonds is 6. The zero-order valence-corrected chi connectivity index (χ0v) is 15.7. The minimum atomic E-state index is -3.23. The van der Waals surface area contributed by atoms with Gasteiger partial charge < -0.3 is 4.74 Å². The fourth-order valence-electron chi connectivity index (χ4n) is 3.45. The Morgan fingerprint density at radius 1 is 1.00 bits per heavy atom. The van der Waals surface area contributed by atoms with Gasteiger partial charge in [-0.2, -0.15) is 0 Å². The van der Waals surface area contributed by atoms with Crippen molar-refractivity contribution in [2.75, 3.05) is 19.5 Å². The van der Waals surface area contributed by atoms with E-state index in [1.54, 1.807) is 12.1 Å². The Hall–Kier alpha value is -1.98. The summed E-state index contributed by atoms with van der Waals surface area (Å²) in [6.07, 6.45) is 3.19. The Balaban J connectivity index is 1.87. The molecule has 2 aromatic rings. The van der Waals surface area contributed by atoms with E-state index in [9.17, 15) is 13.2 Å². The Bertz CT molecular complexity index is 835. The Morgan fingerprint density at radius 3 is 2.15 bits per heavy atom. The highest BCUT2D eigenvalue weighted by atomic mass is 32.2. The van der Waals surface area contributed by atoms with E-state index < -0.39 is 9.84 Å². The highest BCUT2D eigenvalue weighted by Gasteiger charge is 2.26. The van der Waals surface area contributed by atoms with Crippen molar-refractivity contribution in [3.05, 3.63) is 65.7 Å². The SMILES string of the molecule is CS(=O)(=O)c1ccc(C(CC(=O)C2CCOCC2)c2ccccc2)cc1. The monoisotopic (exact) mass is 372 g/mol. The maximum Gasteiger partial charge on any atom is 0.175 e. The van der Waals surface area contributed by atoms with Crippen molar-refractivity contribution in [2.45, 2.75) is 30.1 Å². The highest BCUT2D eigenvalue weighted by Crippen LogP contribution is 2.31.